The number of fused-ring (bicyclic) bond motifs is 2. The fourth-order valence-electron chi connectivity index (χ4n) is 10.5. The second kappa shape index (κ2) is 20.8. The van der Waals surface area contributed by atoms with Crippen molar-refractivity contribution in [1.29, 1.82) is 0 Å². The Morgan fingerprint density at radius 2 is 0.500 bits per heavy atom. The highest BCUT2D eigenvalue weighted by molar-refractivity contribution is 6.08. The van der Waals surface area contributed by atoms with Gasteiger partial charge in [-0.3, -0.25) is 4.90 Å². The highest BCUT2D eigenvalue weighted by Gasteiger charge is 2.35. The molecule has 4 heterocycles. The molecule has 13 aromatic rings. The van der Waals surface area contributed by atoms with E-state index >= 15 is 0 Å². The normalized spacial score (nSPS) is 11.7. The maximum atomic E-state index is 5.59. The molecule has 3 aromatic heterocycles. The fraction of sp³-hybridized carbons (Fsp3) is 0. The Labute approximate surface area is 463 Å². The van der Waals surface area contributed by atoms with E-state index in [0.29, 0.717) is 34.8 Å². The first-order chi connectivity index (χ1) is 39.7. The zero-order valence-corrected chi connectivity index (χ0v) is 43.2. The minimum atomic E-state index is 0.515. The molecule has 0 spiro atoms. The van der Waals surface area contributed by atoms with Crippen molar-refractivity contribution in [2.75, 3.05) is 9.80 Å². The third kappa shape index (κ3) is 9.10. The zero-order valence-electron chi connectivity index (χ0n) is 43.2. The molecule has 0 radical (unpaired) electrons. The summed E-state index contributed by atoms with van der Waals surface area (Å²) < 4.78 is 0. The molecule has 0 unspecified atom stereocenters. The molecule has 0 bridgehead atoms. The first-order valence-electron chi connectivity index (χ1n) is 26.6. The Kier molecular flexibility index (Phi) is 12.3. The topological polar surface area (TPSA) is 96.7 Å². The Bertz CT molecular complexity index is 4120. The zero-order chi connectivity index (χ0) is 53.2. The predicted octanol–water partition coefficient (Wildman–Crippen LogP) is 17.7. The first kappa shape index (κ1) is 47.4. The Morgan fingerprint density at radius 3 is 0.925 bits per heavy atom. The van der Waals surface area contributed by atoms with Crippen molar-refractivity contribution in [2.24, 2.45) is 0 Å². The number of aromatic nitrogens is 7. The number of benzene rings is 10. The summed E-state index contributed by atoms with van der Waals surface area (Å²) in [6.45, 7) is 0. The van der Waals surface area contributed by atoms with E-state index in [1.165, 1.54) is 0 Å². The molecule has 0 atom stereocenters. The van der Waals surface area contributed by atoms with E-state index in [-0.39, 0.29) is 0 Å². The van der Waals surface area contributed by atoms with Crippen molar-refractivity contribution in [3.63, 3.8) is 0 Å². The van der Waals surface area contributed by atoms with Gasteiger partial charge in [0.05, 0.1) is 45.5 Å². The van der Waals surface area contributed by atoms with Gasteiger partial charge in [-0.05, 0) is 48.0 Å². The van der Waals surface area contributed by atoms with E-state index in [9.17, 15) is 0 Å². The first-order valence-corrected chi connectivity index (χ1v) is 26.6. The van der Waals surface area contributed by atoms with Crippen LogP contribution >= 0.6 is 0 Å². The van der Waals surface area contributed by atoms with Gasteiger partial charge in [-0.25, -0.2) is 34.9 Å². The fourth-order valence-corrected chi connectivity index (χ4v) is 10.5. The molecule has 10 aromatic carbocycles. The third-order valence-electron chi connectivity index (χ3n) is 14.2. The molecule has 1 aliphatic heterocycles. The highest BCUT2D eigenvalue weighted by atomic mass is 15.3. The Hall–Kier alpha value is -11.0. The van der Waals surface area contributed by atoms with Gasteiger partial charge in [0, 0.05) is 56.1 Å². The summed E-state index contributed by atoms with van der Waals surface area (Å²) in [6.07, 6.45) is 0. The summed E-state index contributed by atoms with van der Waals surface area (Å²) in [5.41, 5.74) is 16.0. The van der Waals surface area contributed by atoms with Crippen LogP contribution in [-0.2, 0) is 0 Å². The maximum absolute atomic E-state index is 5.59. The van der Waals surface area contributed by atoms with Gasteiger partial charge in [0.1, 0.15) is 5.82 Å². The summed E-state index contributed by atoms with van der Waals surface area (Å²) in [6, 6.07) is 97.5. The predicted molar refractivity (Wildman–Crippen MR) is 323 cm³/mol. The summed E-state index contributed by atoms with van der Waals surface area (Å²) in [4.78, 5) is 41.9. The van der Waals surface area contributed by atoms with Crippen LogP contribution in [0, 0.1) is 0 Å². The summed E-state index contributed by atoms with van der Waals surface area (Å²) in [5.74, 6) is 3.59. The van der Waals surface area contributed by atoms with E-state index in [2.05, 4.69) is 161 Å². The van der Waals surface area contributed by atoms with Crippen LogP contribution in [0.25, 0.3) is 102 Å². The van der Waals surface area contributed by atoms with Crippen LogP contribution in [0.2, 0.25) is 0 Å². The number of hydrogen-bond donors (Lipinski definition) is 0. The number of anilines is 6. The quantitative estimate of drug-likeness (QED) is 0.125. The van der Waals surface area contributed by atoms with Crippen LogP contribution in [0.15, 0.2) is 285 Å². The van der Waals surface area contributed by atoms with Crippen LogP contribution in [0.5, 0.6) is 0 Å². The second-order valence-corrected chi connectivity index (χ2v) is 19.3. The maximum Gasteiger partial charge on any atom is 0.164 e. The molecule has 376 valence electrons. The lowest BCUT2D eigenvalue weighted by molar-refractivity contribution is 1.07. The van der Waals surface area contributed by atoms with Crippen molar-refractivity contribution in [3.8, 4) is 102 Å². The smallest absolute Gasteiger partial charge is 0.164 e. The van der Waals surface area contributed by atoms with Gasteiger partial charge in [0.15, 0.2) is 29.1 Å². The number of rotatable bonds is 11. The molecule has 0 saturated heterocycles. The molecule has 0 amide bonds. The number of para-hydroxylation sites is 4. The average molecular weight is 1030 g/mol. The largest absolute Gasteiger partial charge is 0.305 e. The minimum absolute atomic E-state index is 0.515. The van der Waals surface area contributed by atoms with Crippen molar-refractivity contribution in [1.82, 2.24) is 34.9 Å². The molecular formula is C71H47N9. The van der Waals surface area contributed by atoms with Crippen molar-refractivity contribution in [3.05, 3.63) is 285 Å². The molecule has 80 heavy (non-hydrogen) atoms. The molecule has 0 fully saturated rings. The van der Waals surface area contributed by atoms with Gasteiger partial charge >= 0.3 is 0 Å². The van der Waals surface area contributed by atoms with E-state index in [0.717, 1.165) is 101 Å². The van der Waals surface area contributed by atoms with Crippen molar-refractivity contribution in [2.45, 2.75) is 0 Å². The van der Waals surface area contributed by atoms with Gasteiger partial charge < -0.3 is 4.90 Å². The van der Waals surface area contributed by atoms with Crippen LogP contribution in [0.4, 0.5) is 34.3 Å². The van der Waals surface area contributed by atoms with Crippen LogP contribution < -0.4 is 9.80 Å². The molecule has 9 nitrogen and oxygen atoms in total. The monoisotopic (exact) mass is 1030 g/mol. The minimum Gasteiger partial charge on any atom is -0.305 e. The summed E-state index contributed by atoms with van der Waals surface area (Å²) in [5, 5.41) is 0. The Morgan fingerprint density at radius 1 is 0.200 bits per heavy atom. The highest BCUT2D eigenvalue weighted by Crippen LogP contribution is 2.58. The van der Waals surface area contributed by atoms with Gasteiger partial charge in [0.25, 0.3) is 0 Å². The standard InChI is InChI=1S/C71H47N9/c1-8-26-48(27-9-1)56-44-55(71-77-69(53-36-18-6-19-37-53)76-70(78-71)54-38-20-7-21-39-54)45-57(60-46-58(49-28-10-2-11-29-49)72-67(74-60)51-32-14-4-15-33-51)66(56)80-63-42-24-22-40-61(63)79(62-41-23-25-43-64(62)80)65-47-59(50-30-12-3-13-31-50)73-68(75-65)52-34-16-5-17-35-52/h1-47H. The molecule has 0 N–H and O–H groups in total. The van der Waals surface area contributed by atoms with E-state index in [4.69, 9.17) is 34.9 Å². The molecule has 1 aliphatic rings. The van der Waals surface area contributed by atoms with Crippen molar-refractivity contribution >= 4 is 34.3 Å². The molecule has 0 aliphatic carbocycles. The van der Waals surface area contributed by atoms with Crippen LogP contribution in [0.1, 0.15) is 0 Å². The lowest BCUT2D eigenvalue weighted by atomic mass is 9.92. The number of nitrogens with zero attached hydrogens (tertiary/aromatic N) is 9. The Balaban J connectivity index is 1.07. The number of hydrogen-bond acceptors (Lipinski definition) is 9. The van der Waals surface area contributed by atoms with Crippen molar-refractivity contribution < 1.29 is 0 Å². The SMILES string of the molecule is c1ccc(-c2cc(-c3cc(-c4nc(-c5ccccc5)nc(-c5ccccc5)n4)cc(-c4ccccc4)c3N3c4ccccc4N(c4cc(-c5ccccc5)nc(-c5ccccc5)n4)c4ccccc43)nc(-c3ccccc3)n2)cc1. The lowest BCUT2D eigenvalue weighted by Gasteiger charge is -2.41. The second-order valence-electron chi connectivity index (χ2n) is 19.3. The summed E-state index contributed by atoms with van der Waals surface area (Å²) >= 11 is 0. The van der Waals surface area contributed by atoms with Crippen LogP contribution in [-0.4, -0.2) is 34.9 Å². The van der Waals surface area contributed by atoms with E-state index < -0.39 is 0 Å². The van der Waals surface area contributed by atoms with Gasteiger partial charge in [-0.2, -0.15) is 0 Å². The van der Waals surface area contributed by atoms with Gasteiger partial charge in [-0.15, -0.1) is 0 Å². The summed E-state index contributed by atoms with van der Waals surface area (Å²) in [7, 11) is 0. The van der Waals surface area contributed by atoms with Gasteiger partial charge in [-0.1, -0.05) is 237 Å². The molecule has 0 saturated carbocycles. The van der Waals surface area contributed by atoms with Crippen LogP contribution in [0.3, 0.4) is 0 Å². The third-order valence-corrected chi connectivity index (χ3v) is 14.2. The molecular weight excluding hydrogens is 979 g/mol. The lowest BCUT2D eigenvalue weighted by Crippen LogP contribution is -2.25. The average Bonchev–Trinajstić information content (AvgIpc) is 3.64. The van der Waals surface area contributed by atoms with Gasteiger partial charge in [0.2, 0.25) is 0 Å². The molecule has 14 rings (SSSR count). The molecule has 9 heteroatoms. The van der Waals surface area contributed by atoms with E-state index in [1.54, 1.807) is 0 Å². The van der Waals surface area contributed by atoms with E-state index in [1.807, 2.05) is 133 Å².